The molecule has 3 aromatic heterocycles. The number of unbranched alkanes of at least 4 members (excludes halogenated alkanes) is 11. The molecule has 2 amide bonds. The van der Waals surface area contributed by atoms with E-state index in [1.54, 1.807) is 31.5 Å². The van der Waals surface area contributed by atoms with Crippen LogP contribution < -0.4 is 15.4 Å². The van der Waals surface area contributed by atoms with Crippen LogP contribution >= 0.6 is 11.6 Å². The molecule has 0 radical (unpaired) electrons. The van der Waals surface area contributed by atoms with Gasteiger partial charge in [0.2, 0.25) is 11.8 Å². The molecule has 0 saturated carbocycles. The van der Waals surface area contributed by atoms with Crippen LogP contribution in [-0.2, 0) is 0 Å². The lowest BCUT2D eigenvalue weighted by Crippen LogP contribution is -2.31. The molecule has 0 saturated heterocycles. The fourth-order valence-electron chi connectivity index (χ4n) is 6.11. The van der Waals surface area contributed by atoms with E-state index in [2.05, 4.69) is 44.9 Å². The fraction of sp³-hybridized carbons (Fsp3) is 0.500. The maximum atomic E-state index is 13.9. The summed E-state index contributed by atoms with van der Waals surface area (Å²) in [5.74, 6) is -0.715. The van der Waals surface area contributed by atoms with Crippen molar-refractivity contribution in [2.75, 3.05) is 12.4 Å². The van der Waals surface area contributed by atoms with Gasteiger partial charge in [0.05, 0.1) is 23.4 Å². The molecule has 0 atom stereocenters. The first-order chi connectivity index (χ1) is 25.1. The number of carbonyl (C=O) groups is 3. The number of allylic oxidation sites excluding steroid dienone is 2. The van der Waals surface area contributed by atoms with Crippen LogP contribution in [0, 0.1) is 6.92 Å². The first kappa shape index (κ1) is 40.3. The van der Waals surface area contributed by atoms with E-state index in [0.717, 1.165) is 38.5 Å². The Balaban J connectivity index is 1.41. The number of benzene rings is 1. The van der Waals surface area contributed by atoms with Crippen LogP contribution in [0.4, 0.5) is 5.69 Å². The van der Waals surface area contributed by atoms with Crippen LogP contribution in [0.3, 0.4) is 0 Å². The molecule has 0 aliphatic heterocycles. The molecule has 11 nitrogen and oxygen atoms in total. The average Bonchev–Trinajstić information content (AvgIpc) is 3.74. The van der Waals surface area contributed by atoms with Crippen molar-refractivity contribution in [2.24, 2.45) is 0 Å². The van der Waals surface area contributed by atoms with Crippen molar-refractivity contribution in [3.63, 3.8) is 0 Å². The number of fused-ring (bicyclic) bond motifs is 1. The van der Waals surface area contributed by atoms with Gasteiger partial charge in [-0.2, -0.15) is 5.10 Å². The van der Waals surface area contributed by atoms with E-state index in [1.807, 2.05) is 19.9 Å². The van der Waals surface area contributed by atoms with Crippen molar-refractivity contribution < 1.29 is 19.1 Å². The maximum Gasteiger partial charge on any atom is 0.274 e. The molecule has 2 N–H and O–H groups in total. The molecule has 12 heteroatoms. The number of nitrogens with one attached hydrogen (secondary N) is 2. The summed E-state index contributed by atoms with van der Waals surface area (Å²) < 4.78 is 7.91. The SMILES string of the molecule is CCCCCCCCC=CCCCCCCCC(=O)n1cc2cc(C)c(NC(=O)c3cc(OC)nn3-c3ncccc3Cl)c(C(=O)NC(C)C)c2n1. The van der Waals surface area contributed by atoms with E-state index >= 15 is 0 Å². The van der Waals surface area contributed by atoms with Crippen molar-refractivity contribution in [2.45, 2.75) is 124 Å². The van der Waals surface area contributed by atoms with Crippen LogP contribution in [0.25, 0.3) is 16.7 Å². The summed E-state index contributed by atoms with van der Waals surface area (Å²) in [4.78, 5) is 45.1. The number of ether oxygens (including phenoxy) is 1. The number of methoxy groups -OCH3 is 1. The largest absolute Gasteiger partial charge is 0.480 e. The number of anilines is 1. The zero-order valence-corrected chi connectivity index (χ0v) is 32.1. The summed E-state index contributed by atoms with van der Waals surface area (Å²) in [6, 6.07) is 6.40. The molecule has 0 fully saturated rings. The Labute approximate surface area is 312 Å². The van der Waals surface area contributed by atoms with Gasteiger partial charge in [0, 0.05) is 36.3 Å². The smallest absolute Gasteiger partial charge is 0.274 e. The Morgan fingerprint density at radius 3 is 2.25 bits per heavy atom. The van der Waals surface area contributed by atoms with Crippen molar-refractivity contribution in [1.29, 1.82) is 0 Å². The molecule has 0 spiro atoms. The second kappa shape index (κ2) is 20.5. The number of aryl methyl sites for hydroxylation is 1. The highest BCUT2D eigenvalue weighted by Crippen LogP contribution is 2.31. The molecule has 4 rings (SSSR count). The first-order valence-corrected chi connectivity index (χ1v) is 19.1. The fourth-order valence-corrected chi connectivity index (χ4v) is 6.31. The standard InChI is InChI=1S/C40H54ClN7O4/c1-6-7-8-9-10-11-12-13-14-15-16-17-18-19-20-23-34(49)47-27-30-25-29(4)36(35(37(30)46-47)40(51)43-28(2)3)44-39(50)32-26-33(52-5)45-48(32)38-31(41)22-21-24-42-38/h13-14,21-22,24-28H,6-12,15-20,23H2,1-5H3,(H,43,51)(H,44,50). The minimum Gasteiger partial charge on any atom is -0.480 e. The summed E-state index contributed by atoms with van der Waals surface area (Å²) in [5, 5.41) is 15.7. The van der Waals surface area contributed by atoms with Gasteiger partial charge in [-0.3, -0.25) is 14.4 Å². The third kappa shape index (κ3) is 11.2. The number of hydrogen-bond acceptors (Lipinski definition) is 7. The summed E-state index contributed by atoms with van der Waals surface area (Å²) in [6.45, 7) is 7.74. The minimum atomic E-state index is -0.571. The van der Waals surface area contributed by atoms with Gasteiger partial charge < -0.3 is 15.4 Å². The van der Waals surface area contributed by atoms with Crippen LogP contribution in [-0.4, -0.2) is 55.4 Å². The van der Waals surface area contributed by atoms with Gasteiger partial charge in [-0.05, 0) is 76.6 Å². The lowest BCUT2D eigenvalue weighted by molar-refractivity contribution is 0.0881. The van der Waals surface area contributed by atoms with Gasteiger partial charge in [-0.25, -0.2) is 14.3 Å². The van der Waals surface area contributed by atoms with Crippen LogP contribution in [0.15, 0.2) is 48.8 Å². The highest BCUT2D eigenvalue weighted by molar-refractivity contribution is 6.32. The maximum absolute atomic E-state index is 13.9. The summed E-state index contributed by atoms with van der Waals surface area (Å²) in [5.41, 5.74) is 1.46. The zero-order chi connectivity index (χ0) is 37.5. The Morgan fingerprint density at radius 2 is 1.60 bits per heavy atom. The van der Waals surface area contributed by atoms with E-state index in [4.69, 9.17) is 16.3 Å². The Morgan fingerprint density at radius 1 is 0.923 bits per heavy atom. The number of amides is 2. The molecule has 0 aliphatic rings. The molecule has 0 bridgehead atoms. The lowest BCUT2D eigenvalue weighted by atomic mass is 10.0. The second-order valence-electron chi connectivity index (χ2n) is 13.6. The molecular formula is C40H54ClN7O4. The molecule has 1 aromatic carbocycles. The Hall–Kier alpha value is -4.51. The predicted octanol–water partition coefficient (Wildman–Crippen LogP) is 9.66. The van der Waals surface area contributed by atoms with Crippen molar-refractivity contribution in [3.8, 4) is 11.7 Å². The minimum absolute atomic E-state index is 0.0906. The predicted molar refractivity (Wildman–Crippen MR) is 208 cm³/mol. The van der Waals surface area contributed by atoms with Crippen LogP contribution in [0.1, 0.15) is 142 Å². The number of aromatic nitrogens is 5. The summed E-state index contributed by atoms with van der Waals surface area (Å²) in [6.07, 6.45) is 23.6. The normalized spacial score (nSPS) is 11.5. The average molecular weight is 732 g/mol. The first-order valence-electron chi connectivity index (χ1n) is 18.7. The topological polar surface area (TPSA) is 133 Å². The molecule has 280 valence electrons. The van der Waals surface area contributed by atoms with Crippen molar-refractivity contribution >= 4 is 45.9 Å². The Bertz CT molecular complexity index is 1830. The number of nitrogens with zero attached hydrogens (tertiary/aromatic N) is 5. The van der Waals surface area contributed by atoms with Gasteiger partial charge in [-0.1, -0.05) is 82.0 Å². The number of halogens is 1. The van der Waals surface area contributed by atoms with Gasteiger partial charge in [0.1, 0.15) is 11.2 Å². The zero-order valence-electron chi connectivity index (χ0n) is 31.3. The molecule has 4 aromatic rings. The van der Waals surface area contributed by atoms with Crippen LogP contribution in [0.2, 0.25) is 5.02 Å². The summed E-state index contributed by atoms with van der Waals surface area (Å²) in [7, 11) is 1.44. The summed E-state index contributed by atoms with van der Waals surface area (Å²) >= 11 is 6.39. The van der Waals surface area contributed by atoms with Gasteiger partial charge in [0.15, 0.2) is 5.82 Å². The monoisotopic (exact) mass is 731 g/mol. The molecule has 52 heavy (non-hydrogen) atoms. The van der Waals surface area contributed by atoms with Gasteiger partial charge in [0.25, 0.3) is 11.8 Å². The number of rotatable bonds is 21. The quantitative estimate of drug-likeness (QED) is 0.0644. The third-order valence-corrected chi connectivity index (χ3v) is 9.15. The number of pyridine rings is 1. The molecule has 0 unspecified atom stereocenters. The molecule has 3 heterocycles. The van der Waals surface area contributed by atoms with Gasteiger partial charge in [-0.15, -0.1) is 5.10 Å². The van der Waals surface area contributed by atoms with E-state index < -0.39 is 11.8 Å². The Kier molecular flexibility index (Phi) is 15.9. The highest BCUT2D eigenvalue weighted by atomic mass is 35.5. The van der Waals surface area contributed by atoms with E-state index in [9.17, 15) is 14.4 Å². The lowest BCUT2D eigenvalue weighted by Gasteiger charge is -2.16. The number of hydrogen-bond donors (Lipinski definition) is 2. The van der Waals surface area contributed by atoms with Crippen LogP contribution in [0.5, 0.6) is 5.88 Å². The number of carbonyl (C=O) groups excluding carboxylic acids is 3. The second-order valence-corrected chi connectivity index (χ2v) is 14.0. The third-order valence-electron chi connectivity index (χ3n) is 8.86. The van der Waals surface area contributed by atoms with Crippen molar-refractivity contribution in [1.82, 2.24) is 29.9 Å². The van der Waals surface area contributed by atoms with Crippen molar-refractivity contribution in [3.05, 3.63) is 70.7 Å². The highest BCUT2D eigenvalue weighted by Gasteiger charge is 2.26. The van der Waals surface area contributed by atoms with E-state index in [1.165, 1.54) is 67.5 Å². The molecular weight excluding hydrogens is 678 g/mol. The van der Waals surface area contributed by atoms with E-state index in [-0.39, 0.29) is 45.6 Å². The molecule has 0 aliphatic carbocycles. The van der Waals surface area contributed by atoms with Gasteiger partial charge >= 0.3 is 0 Å². The van der Waals surface area contributed by atoms with E-state index in [0.29, 0.717) is 22.9 Å².